The summed E-state index contributed by atoms with van der Waals surface area (Å²) in [6.45, 7) is 0.368. The highest BCUT2D eigenvalue weighted by Gasteiger charge is 2.18. The van der Waals surface area contributed by atoms with Crippen molar-refractivity contribution in [3.8, 4) is 0 Å². The average molecular weight is 320 g/mol. The van der Waals surface area contributed by atoms with E-state index in [4.69, 9.17) is 4.74 Å². The summed E-state index contributed by atoms with van der Waals surface area (Å²) >= 11 is 0.939. The molecule has 0 saturated carbocycles. The van der Waals surface area contributed by atoms with Crippen molar-refractivity contribution >= 4 is 22.2 Å². The molecule has 0 bridgehead atoms. The number of carbonyl (C=O) groups is 1. The Kier molecular flexibility index (Phi) is 5.62. The standard InChI is InChI=1S/C15H16N2O4S/c1-21-9-13(7-11-5-3-2-4-6-11)16-15(18)12-8-14(17(19)20)22-10-12/h2-6,8,10,13H,7,9H2,1H3,(H,16,18)/t13-/m0/s1. The predicted molar refractivity (Wildman–Crippen MR) is 84.2 cm³/mol. The van der Waals surface area contributed by atoms with Crippen LogP contribution in [0, 0.1) is 10.1 Å². The van der Waals surface area contributed by atoms with E-state index in [0.29, 0.717) is 18.6 Å². The molecule has 0 fully saturated rings. The fourth-order valence-electron chi connectivity index (χ4n) is 2.06. The molecule has 1 N–H and O–H groups in total. The van der Waals surface area contributed by atoms with E-state index in [-0.39, 0.29) is 17.0 Å². The zero-order valence-corrected chi connectivity index (χ0v) is 12.8. The van der Waals surface area contributed by atoms with Gasteiger partial charge in [-0.2, -0.15) is 0 Å². The number of nitro groups is 1. The maximum atomic E-state index is 12.2. The van der Waals surface area contributed by atoms with E-state index in [9.17, 15) is 14.9 Å². The summed E-state index contributed by atoms with van der Waals surface area (Å²) in [5.74, 6) is -0.331. The first kappa shape index (κ1) is 16.1. The lowest BCUT2D eigenvalue weighted by atomic mass is 10.1. The summed E-state index contributed by atoms with van der Waals surface area (Å²) < 4.78 is 5.14. The van der Waals surface area contributed by atoms with Gasteiger partial charge in [0.1, 0.15) is 0 Å². The van der Waals surface area contributed by atoms with Crippen LogP contribution in [-0.2, 0) is 11.2 Å². The Balaban J connectivity index is 2.03. The van der Waals surface area contributed by atoms with Gasteiger partial charge in [-0.1, -0.05) is 41.7 Å². The number of hydrogen-bond donors (Lipinski definition) is 1. The molecule has 0 aliphatic heterocycles. The summed E-state index contributed by atoms with van der Waals surface area (Å²) in [4.78, 5) is 22.3. The van der Waals surface area contributed by atoms with Crippen molar-refractivity contribution in [2.75, 3.05) is 13.7 Å². The van der Waals surface area contributed by atoms with Crippen LogP contribution < -0.4 is 5.32 Å². The zero-order valence-electron chi connectivity index (χ0n) is 12.0. The summed E-state index contributed by atoms with van der Waals surface area (Å²) in [6.07, 6.45) is 0.632. The van der Waals surface area contributed by atoms with Gasteiger partial charge in [-0.25, -0.2) is 0 Å². The lowest BCUT2D eigenvalue weighted by Gasteiger charge is -2.17. The first-order valence-corrected chi connectivity index (χ1v) is 7.54. The normalized spacial score (nSPS) is 11.9. The summed E-state index contributed by atoms with van der Waals surface area (Å²) in [6, 6.07) is 10.8. The highest BCUT2D eigenvalue weighted by atomic mass is 32.1. The molecule has 0 aliphatic carbocycles. The van der Waals surface area contributed by atoms with E-state index >= 15 is 0 Å². The number of hydrogen-bond acceptors (Lipinski definition) is 5. The minimum atomic E-state index is -0.502. The van der Waals surface area contributed by atoms with Crippen molar-refractivity contribution in [2.24, 2.45) is 0 Å². The van der Waals surface area contributed by atoms with Crippen molar-refractivity contribution in [1.29, 1.82) is 0 Å². The van der Waals surface area contributed by atoms with Gasteiger partial charge in [0.15, 0.2) is 0 Å². The lowest BCUT2D eigenvalue weighted by Crippen LogP contribution is -2.39. The number of nitrogens with zero attached hydrogens (tertiary/aromatic N) is 1. The van der Waals surface area contributed by atoms with Gasteiger partial charge in [0, 0.05) is 18.6 Å². The molecular formula is C15H16N2O4S. The molecule has 1 aromatic carbocycles. The Hall–Kier alpha value is -2.25. The molecule has 0 aliphatic rings. The topological polar surface area (TPSA) is 81.5 Å². The van der Waals surface area contributed by atoms with Crippen LogP contribution in [0.25, 0.3) is 0 Å². The third-order valence-electron chi connectivity index (χ3n) is 3.06. The number of thiophene rings is 1. The maximum Gasteiger partial charge on any atom is 0.324 e. The fourth-order valence-corrected chi connectivity index (χ4v) is 2.76. The Morgan fingerprint density at radius 3 is 2.73 bits per heavy atom. The number of benzene rings is 1. The predicted octanol–water partition coefficient (Wildman–Crippen LogP) is 2.64. The second-order valence-electron chi connectivity index (χ2n) is 4.75. The van der Waals surface area contributed by atoms with E-state index in [2.05, 4.69) is 5.32 Å². The van der Waals surface area contributed by atoms with Gasteiger partial charge in [-0.15, -0.1) is 0 Å². The van der Waals surface area contributed by atoms with Gasteiger partial charge in [-0.3, -0.25) is 14.9 Å². The van der Waals surface area contributed by atoms with Gasteiger partial charge in [-0.05, 0) is 12.0 Å². The molecule has 7 heteroatoms. The minimum Gasteiger partial charge on any atom is -0.383 e. The third-order valence-corrected chi connectivity index (χ3v) is 3.94. The van der Waals surface area contributed by atoms with Crippen LogP contribution in [0.1, 0.15) is 15.9 Å². The minimum absolute atomic E-state index is 0.0449. The number of rotatable bonds is 7. The highest BCUT2D eigenvalue weighted by Crippen LogP contribution is 2.22. The Labute approximate surface area is 131 Å². The SMILES string of the molecule is COC[C@H](Cc1ccccc1)NC(=O)c1csc([N+](=O)[O-])c1. The van der Waals surface area contributed by atoms with Gasteiger partial charge in [0.25, 0.3) is 5.91 Å². The monoisotopic (exact) mass is 320 g/mol. The molecule has 2 rings (SSSR count). The molecule has 0 unspecified atom stereocenters. The van der Waals surface area contributed by atoms with E-state index < -0.39 is 4.92 Å². The molecule has 0 saturated heterocycles. The molecule has 1 heterocycles. The molecule has 1 aromatic heterocycles. The second-order valence-corrected chi connectivity index (χ2v) is 5.64. The first-order valence-electron chi connectivity index (χ1n) is 6.67. The molecule has 1 atom stereocenters. The molecule has 116 valence electrons. The van der Waals surface area contributed by atoms with E-state index in [1.54, 1.807) is 7.11 Å². The number of methoxy groups -OCH3 is 1. The van der Waals surface area contributed by atoms with Crippen LogP contribution in [0.5, 0.6) is 0 Å². The molecule has 2 aromatic rings. The Morgan fingerprint density at radius 1 is 1.41 bits per heavy atom. The Bertz CT molecular complexity index is 642. The van der Waals surface area contributed by atoms with Crippen LogP contribution in [0.4, 0.5) is 5.00 Å². The largest absolute Gasteiger partial charge is 0.383 e. The van der Waals surface area contributed by atoms with Crippen LogP contribution in [0.3, 0.4) is 0 Å². The molecule has 1 amide bonds. The van der Waals surface area contributed by atoms with Crippen molar-refractivity contribution in [2.45, 2.75) is 12.5 Å². The third kappa shape index (κ3) is 4.37. The van der Waals surface area contributed by atoms with Crippen molar-refractivity contribution in [3.05, 3.63) is 63.0 Å². The summed E-state index contributed by atoms with van der Waals surface area (Å²) in [5, 5.41) is 15.0. The van der Waals surface area contributed by atoms with Crippen molar-refractivity contribution in [1.82, 2.24) is 5.32 Å². The van der Waals surface area contributed by atoms with Crippen molar-refractivity contribution in [3.63, 3.8) is 0 Å². The van der Waals surface area contributed by atoms with E-state index in [1.807, 2.05) is 30.3 Å². The van der Waals surface area contributed by atoms with Gasteiger partial charge in [0.05, 0.1) is 23.1 Å². The average Bonchev–Trinajstić information content (AvgIpc) is 2.98. The second kappa shape index (κ2) is 7.67. The molecular weight excluding hydrogens is 304 g/mol. The zero-order chi connectivity index (χ0) is 15.9. The Morgan fingerprint density at radius 2 is 2.14 bits per heavy atom. The van der Waals surface area contributed by atoms with Crippen LogP contribution in [-0.4, -0.2) is 30.6 Å². The summed E-state index contributed by atoms with van der Waals surface area (Å²) in [5.41, 5.74) is 1.38. The maximum absolute atomic E-state index is 12.2. The van der Waals surface area contributed by atoms with Crippen LogP contribution >= 0.6 is 11.3 Å². The van der Waals surface area contributed by atoms with E-state index in [0.717, 1.165) is 16.9 Å². The number of ether oxygens (including phenoxy) is 1. The van der Waals surface area contributed by atoms with E-state index in [1.165, 1.54) is 11.4 Å². The van der Waals surface area contributed by atoms with Gasteiger partial charge >= 0.3 is 5.00 Å². The lowest BCUT2D eigenvalue weighted by molar-refractivity contribution is -0.380. The van der Waals surface area contributed by atoms with Crippen LogP contribution in [0.2, 0.25) is 0 Å². The quantitative estimate of drug-likeness (QED) is 0.628. The smallest absolute Gasteiger partial charge is 0.324 e. The highest BCUT2D eigenvalue weighted by molar-refractivity contribution is 7.13. The molecule has 6 nitrogen and oxygen atoms in total. The van der Waals surface area contributed by atoms with Crippen molar-refractivity contribution < 1.29 is 14.5 Å². The number of carbonyl (C=O) groups excluding carboxylic acids is 1. The number of amides is 1. The molecule has 22 heavy (non-hydrogen) atoms. The molecule has 0 spiro atoms. The van der Waals surface area contributed by atoms with Gasteiger partial charge < -0.3 is 10.1 Å². The van der Waals surface area contributed by atoms with Gasteiger partial charge in [0.2, 0.25) is 0 Å². The molecule has 0 radical (unpaired) electrons. The summed E-state index contributed by atoms with van der Waals surface area (Å²) in [7, 11) is 1.57. The van der Waals surface area contributed by atoms with Crippen LogP contribution in [0.15, 0.2) is 41.8 Å². The fraction of sp³-hybridized carbons (Fsp3) is 0.267. The number of nitrogens with one attached hydrogen (secondary N) is 1. The first-order chi connectivity index (χ1) is 10.6.